The van der Waals surface area contributed by atoms with Gasteiger partial charge in [-0.15, -0.1) is 0 Å². The van der Waals surface area contributed by atoms with Crippen LogP contribution in [0.25, 0.3) is 0 Å². The summed E-state index contributed by atoms with van der Waals surface area (Å²) in [6.45, 7) is 2.23. The smallest absolute Gasteiger partial charge is 0.344 e. The zero-order valence-electron chi connectivity index (χ0n) is 12.8. The fourth-order valence-electron chi connectivity index (χ4n) is 2.88. The van der Waals surface area contributed by atoms with Crippen LogP contribution in [0.2, 0.25) is 0 Å². The molecule has 1 aliphatic rings. The first-order chi connectivity index (χ1) is 11.1. The summed E-state index contributed by atoms with van der Waals surface area (Å²) < 4.78 is 19.3. The van der Waals surface area contributed by atoms with Gasteiger partial charge in [0.25, 0.3) is 0 Å². The molecule has 0 radical (unpaired) electrons. The van der Waals surface area contributed by atoms with Gasteiger partial charge in [-0.2, -0.15) is 0 Å². The van der Waals surface area contributed by atoms with Gasteiger partial charge in [-0.1, -0.05) is 24.3 Å². The Labute approximate surface area is 133 Å². The number of carboxylic acid groups (broad SMARTS) is 1. The van der Waals surface area contributed by atoms with Crippen molar-refractivity contribution < 1.29 is 19.0 Å². The second-order valence-corrected chi connectivity index (χ2v) is 5.62. The molecular weight excluding hydrogens is 297 g/mol. The highest BCUT2D eigenvalue weighted by atomic mass is 19.1. The lowest BCUT2D eigenvalue weighted by Gasteiger charge is -2.29. The summed E-state index contributed by atoms with van der Waals surface area (Å²) in [5, 5.41) is 12.4. The number of nitrogens with one attached hydrogen (secondary N) is 1. The molecule has 23 heavy (non-hydrogen) atoms. The van der Waals surface area contributed by atoms with Crippen molar-refractivity contribution >= 4 is 5.97 Å². The van der Waals surface area contributed by atoms with Crippen molar-refractivity contribution in [3.8, 4) is 5.75 Å². The summed E-state index contributed by atoms with van der Waals surface area (Å²) in [6.07, 6.45) is -0.0954. The third-order valence-electron chi connectivity index (χ3n) is 4.04. The van der Waals surface area contributed by atoms with E-state index in [2.05, 4.69) is 11.4 Å². The molecule has 0 amide bonds. The van der Waals surface area contributed by atoms with Gasteiger partial charge in [0.1, 0.15) is 11.6 Å². The molecule has 2 atom stereocenters. The Morgan fingerprint density at radius 1 is 1.30 bits per heavy atom. The molecule has 0 saturated carbocycles. The maximum absolute atomic E-state index is 13.8. The molecule has 0 spiro atoms. The quantitative estimate of drug-likeness (QED) is 0.911. The molecular formula is C18H18FNO3. The van der Waals surface area contributed by atoms with Crippen LogP contribution in [0.4, 0.5) is 4.39 Å². The summed E-state index contributed by atoms with van der Waals surface area (Å²) >= 11 is 0. The maximum Gasteiger partial charge on any atom is 0.344 e. The minimum absolute atomic E-state index is 0.216. The van der Waals surface area contributed by atoms with E-state index in [1.807, 2.05) is 18.2 Å². The van der Waals surface area contributed by atoms with Gasteiger partial charge in [-0.25, -0.2) is 9.18 Å². The zero-order chi connectivity index (χ0) is 16.4. The van der Waals surface area contributed by atoms with Crippen LogP contribution < -0.4 is 10.1 Å². The number of aliphatic carboxylic acids is 1. The van der Waals surface area contributed by atoms with Gasteiger partial charge in [0.2, 0.25) is 0 Å². The average molecular weight is 315 g/mol. The van der Waals surface area contributed by atoms with Crippen molar-refractivity contribution in [2.24, 2.45) is 0 Å². The van der Waals surface area contributed by atoms with Gasteiger partial charge in [-0.3, -0.25) is 0 Å². The minimum atomic E-state index is -1.06. The van der Waals surface area contributed by atoms with Crippen LogP contribution in [0.15, 0.2) is 42.5 Å². The normalized spacial score (nSPS) is 18.1. The van der Waals surface area contributed by atoms with Gasteiger partial charge in [0.15, 0.2) is 6.10 Å². The number of fused-ring (bicyclic) bond motifs is 1. The van der Waals surface area contributed by atoms with Gasteiger partial charge in [0, 0.05) is 12.1 Å². The summed E-state index contributed by atoms with van der Waals surface area (Å²) in [5.41, 5.74) is 2.89. The highest BCUT2D eigenvalue weighted by molar-refractivity contribution is 5.72. The molecule has 0 bridgehead atoms. The van der Waals surface area contributed by atoms with Crippen LogP contribution in [0, 0.1) is 5.82 Å². The molecule has 1 aliphatic heterocycles. The summed E-state index contributed by atoms with van der Waals surface area (Å²) in [4.78, 5) is 11.0. The SMILES string of the molecule is C[C@H](Oc1ccc(F)cc1[C@H]1NCCc2ccccc21)C(=O)O. The molecule has 2 N–H and O–H groups in total. The monoisotopic (exact) mass is 315 g/mol. The summed E-state index contributed by atoms with van der Waals surface area (Å²) in [7, 11) is 0. The van der Waals surface area contributed by atoms with Crippen molar-refractivity contribution in [1.29, 1.82) is 0 Å². The van der Waals surface area contributed by atoms with E-state index >= 15 is 0 Å². The molecule has 0 aromatic heterocycles. The zero-order valence-corrected chi connectivity index (χ0v) is 12.8. The third-order valence-corrected chi connectivity index (χ3v) is 4.04. The lowest BCUT2D eigenvalue weighted by molar-refractivity contribution is -0.144. The molecule has 3 rings (SSSR count). The van der Waals surface area contributed by atoms with Crippen LogP contribution in [-0.4, -0.2) is 23.7 Å². The predicted octanol–water partition coefficient (Wildman–Crippen LogP) is 2.91. The van der Waals surface area contributed by atoms with Gasteiger partial charge in [0.05, 0.1) is 6.04 Å². The second-order valence-electron chi connectivity index (χ2n) is 5.62. The first-order valence-electron chi connectivity index (χ1n) is 7.56. The average Bonchev–Trinajstić information content (AvgIpc) is 2.56. The number of benzene rings is 2. The summed E-state index contributed by atoms with van der Waals surface area (Å²) in [6, 6.07) is 11.9. The number of ether oxygens (including phenoxy) is 1. The standard InChI is InChI=1S/C18H18FNO3/c1-11(18(21)22)23-16-7-6-13(19)10-15(16)17-14-5-3-2-4-12(14)8-9-20-17/h2-7,10-11,17,20H,8-9H2,1H3,(H,21,22)/t11-,17-/m0/s1. The molecule has 120 valence electrons. The molecule has 5 heteroatoms. The van der Waals surface area contributed by atoms with Crippen molar-refractivity contribution in [3.05, 3.63) is 65.0 Å². The van der Waals surface area contributed by atoms with Crippen LogP contribution >= 0.6 is 0 Å². The Balaban J connectivity index is 2.03. The summed E-state index contributed by atoms with van der Waals surface area (Å²) in [5.74, 6) is -1.05. The van der Waals surface area contributed by atoms with E-state index in [-0.39, 0.29) is 11.9 Å². The number of carbonyl (C=O) groups is 1. The Bertz CT molecular complexity index is 732. The number of carboxylic acids is 1. The van der Waals surface area contributed by atoms with Crippen LogP contribution in [0.1, 0.15) is 29.7 Å². The first-order valence-corrected chi connectivity index (χ1v) is 7.56. The first kappa shape index (κ1) is 15.5. The lowest BCUT2D eigenvalue weighted by Crippen LogP contribution is -2.31. The highest BCUT2D eigenvalue weighted by Crippen LogP contribution is 2.35. The van der Waals surface area contributed by atoms with E-state index in [0.29, 0.717) is 11.3 Å². The van der Waals surface area contributed by atoms with Crippen LogP contribution in [0.5, 0.6) is 5.75 Å². The fourth-order valence-corrected chi connectivity index (χ4v) is 2.88. The molecule has 0 fully saturated rings. The Morgan fingerprint density at radius 3 is 2.87 bits per heavy atom. The molecule has 2 aromatic rings. The lowest BCUT2D eigenvalue weighted by atomic mass is 9.89. The number of halogens is 1. The largest absolute Gasteiger partial charge is 0.479 e. The molecule has 4 nitrogen and oxygen atoms in total. The van der Waals surface area contributed by atoms with E-state index in [1.54, 1.807) is 0 Å². The molecule has 0 saturated heterocycles. The molecule has 0 unspecified atom stereocenters. The van der Waals surface area contributed by atoms with Gasteiger partial charge >= 0.3 is 5.97 Å². The van der Waals surface area contributed by atoms with Crippen molar-refractivity contribution in [3.63, 3.8) is 0 Å². The Hall–Kier alpha value is -2.40. The molecule has 1 heterocycles. The number of rotatable bonds is 4. The highest BCUT2D eigenvalue weighted by Gasteiger charge is 2.25. The topological polar surface area (TPSA) is 58.6 Å². The maximum atomic E-state index is 13.8. The van der Waals surface area contributed by atoms with Crippen molar-refractivity contribution in [2.45, 2.75) is 25.5 Å². The van der Waals surface area contributed by atoms with Gasteiger partial charge < -0.3 is 15.2 Å². The van der Waals surface area contributed by atoms with E-state index in [1.165, 1.54) is 30.7 Å². The van der Waals surface area contributed by atoms with E-state index in [0.717, 1.165) is 18.5 Å². The predicted molar refractivity (Wildman–Crippen MR) is 84.1 cm³/mol. The number of hydrogen-bond acceptors (Lipinski definition) is 3. The fraction of sp³-hybridized carbons (Fsp3) is 0.278. The van der Waals surface area contributed by atoms with Gasteiger partial charge in [-0.05, 0) is 42.7 Å². The van der Waals surface area contributed by atoms with Crippen LogP contribution in [-0.2, 0) is 11.2 Å². The Kier molecular flexibility index (Phi) is 4.30. The molecule has 2 aromatic carbocycles. The van der Waals surface area contributed by atoms with E-state index in [9.17, 15) is 9.18 Å². The van der Waals surface area contributed by atoms with E-state index < -0.39 is 12.1 Å². The third kappa shape index (κ3) is 3.19. The Morgan fingerprint density at radius 2 is 2.09 bits per heavy atom. The number of hydrogen-bond donors (Lipinski definition) is 2. The van der Waals surface area contributed by atoms with Crippen LogP contribution in [0.3, 0.4) is 0 Å². The molecule has 0 aliphatic carbocycles. The van der Waals surface area contributed by atoms with E-state index in [4.69, 9.17) is 9.84 Å². The second kappa shape index (κ2) is 6.38. The van der Waals surface area contributed by atoms with Crippen molar-refractivity contribution in [2.75, 3.05) is 6.54 Å². The van der Waals surface area contributed by atoms with Crippen molar-refractivity contribution in [1.82, 2.24) is 5.32 Å². The minimum Gasteiger partial charge on any atom is -0.479 e.